The van der Waals surface area contributed by atoms with Crippen LogP contribution in [-0.2, 0) is 6.42 Å². The Labute approximate surface area is 121 Å². The highest BCUT2D eigenvalue weighted by atomic mass is 16.2. The van der Waals surface area contributed by atoms with Crippen molar-refractivity contribution in [1.29, 1.82) is 0 Å². The van der Waals surface area contributed by atoms with Crippen LogP contribution in [0, 0.1) is 5.92 Å². The molecular weight excluding hydrogens is 250 g/mol. The van der Waals surface area contributed by atoms with Gasteiger partial charge >= 0.3 is 6.03 Å². The van der Waals surface area contributed by atoms with Crippen molar-refractivity contribution < 1.29 is 4.79 Å². The van der Waals surface area contributed by atoms with Crippen LogP contribution in [0.15, 0.2) is 24.3 Å². The Morgan fingerprint density at radius 3 is 2.95 bits per heavy atom. The maximum absolute atomic E-state index is 11.7. The van der Waals surface area contributed by atoms with E-state index in [9.17, 15) is 4.79 Å². The molecule has 1 atom stereocenters. The van der Waals surface area contributed by atoms with E-state index in [1.54, 1.807) is 0 Å². The van der Waals surface area contributed by atoms with Gasteiger partial charge in [0.2, 0.25) is 0 Å². The first-order chi connectivity index (χ1) is 9.65. The summed E-state index contributed by atoms with van der Waals surface area (Å²) < 4.78 is 0. The van der Waals surface area contributed by atoms with Gasteiger partial charge in [0.05, 0.1) is 0 Å². The number of hydrogen-bond donors (Lipinski definition) is 3. The smallest absolute Gasteiger partial charge is 0.314 e. The van der Waals surface area contributed by atoms with Gasteiger partial charge in [-0.2, -0.15) is 0 Å². The van der Waals surface area contributed by atoms with Crippen LogP contribution in [0.25, 0.3) is 0 Å². The molecule has 0 aromatic heterocycles. The standard InChI is InChI=1S/C16H25N3O/c1-12(2)10-17-16(20)18-11-14-8-5-7-13-6-3-4-9-15(13)19-14/h3-4,6,9,12,14,19H,5,7-8,10-11H2,1-2H3,(H2,17,18,20). The lowest BCUT2D eigenvalue weighted by molar-refractivity contribution is 0.239. The zero-order valence-electron chi connectivity index (χ0n) is 12.4. The summed E-state index contributed by atoms with van der Waals surface area (Å²) in [6.07, 6.45) is 3.35. The van der Waals surface area contributed by atoms with Gasteiger partial charge < -0.3 is 16.0 Å². The second kappa shape index (κ2) is 7.17. The molecule has 0 saturated carbocycles. The third-order valence-corrected chi connectivity index (χ3v) is 3.56. The summed E-state index contributed by atoms with van der Waals surface area (Å²) in [5.41, 5.74) is 2.58. The predicted molar refractivity (Wildman–Crippen MR) is 83.0 cm³/mol. The van der Waals surface area contributed by atoms with Crippen LogP contribution in [0.2, 0.25) is 0 Å². The Balaban J connectivity index is 1.81. The Morgan fingerprint density at radius 1 is 1.35 bits per heavy atom. The zero-order valence-corrected chi connectivity index (χ0v) is 12.4. The van der Waals surface area contributed by atoms with E-state index < -0.39 is 0 Å². The minimum absolute atomic E-state index is 0.0713. The number of carbonyl (C=O) groups is 1. The van der Waals surface area contributed by atoms with Crippen molar-refractivity contribution in [3.05, 3.63) is 29.8 Å². The fourth-order valence-corrected chi connectivity index (χ4v) is 2.44. The first kappa shape index (κ1) is 14.7. The SMILES string of the molecule is CC(C)CNC(=O)NCC1CCCc2ccccc2N1. The lowest BCUT2D eigenvalue weighted by atomic mass is 10.1. The van der Waals surface area contributed by atoms with E-state index in [2.05, 4.69) is 54.1 Å². The van der Waals surface area contributed by atoms with Crippen LogP contribution in [0.5, 0.6) is 0 Å². The highest BCUT2D eigenvalue weighted by molar-refractivity contribution is 5.73. The zero-order chi connectivity index (χ0) is 14.4. The van der Waals surface area contributed by atoms with E-state index in [4.69, 9.17) is 0 Å². The predicted octanol–water partition coefficient (Wildman–Crippen LogP) is 2.76. The van der Waals surface area contributed by atoms with Crippen LogP contribution >= 0.6 is 0 Å². The first-order valence-corrected chi connectivity index (χ1v) is 7.51. The number of rotatable bonds is 4. The monoisotopic (exact) mass is 275 g/mol. The number of urea groups is 1. The molecule has 3 N–H and O–H groups in total. The molecule has 0 aliphatic carbocycles. The second-order valence-electron chi connectivity index (χ2n) is 5.88. The van der Waals surface area contributed by atoms with Crippen LogP contribution in [0.4, 0.5) is 10.5 Å². The van der Waals surface area contributed by atoms with Crippen molar-refractivity contribution in [3.8, 4) is 0 Å². The van der Waals surface area contributed by atoms with Gasteiger partial charge in [-0.3, -0.25) is 0 Å². The molecule has 0 bridgehead atoms. The minimum Gasteiger partial charge on any atom is -0.380 e. The van der Waals surface area contributed by atoms with E-state index in [-0.39, 0.29) is 6.03 Å². The fourth-order valence-electron chi connectivity index (χ4n) is 2.44. The molecule has 2 amide bonds. The highest BCUT2D eigenvalue weighted by Crippen LogP contribution is 2.23. The fraction of sp³-hybridized carbons (Fsp3) is 0.562. The van der Waals surface area contributed by atoms with Gasteiger partial charge in [-0.05, 0) is 36.8 Å². The van der Waals surface area contributed by atoms with E-state index in [0.29, 0.717) is 25.0 Å². The number of fused-ring (bicyclic) bond motifs is 1. The van der Waals surface area contributed by atoms with Crippen molar-refractivity contribution in [2.45, 2.75) is 39.2 Å². The molecule has 1 aliphatic heterocycles. The molecule has 1 heterocycles. The Morgan fingerprint density at radius 2 is 2.15 bits per heavy atom. The molecule has 4 heteroatoms. The second-order valence-corrected chi connectivity index (χ2v) is 5.88. The summed E-state index contributed by atoms with van der Waals surface area (Å²) in [5, 5.41) is 9.37. The Hall–Kier alpha value is -1.71. The number of para-hydroxylation sites is 1. The summed E-state index contributed by atoms with van der Waals surface area (Å²) in [5.74, 6) is 0.476. The third-order valence-electron chi connectivity index (χ3n) is 3.56. The van der Waals surface area contributed by atoms with Crippen LogP contribution in [0.1, 0.15) is 32.3 Å². The molecule has 2 rings (SSSR count). The lowest BCUT2D eigenvalue weighted by Gasteiger charge is -2.19. The number of aryl methyl sites for hydroxylation is 1. The molecule has 0 spiro atoms. The maximum Gasteiger partial charge on any atom is 0.314 e. The number of carbonyl (C=O) groups excluding carboxylic acids is 1. The quantitative estimate of drug-likeness (QED) is 0.791. The van der Waals surface area contributed by atoms with Crippen molar-refractivity contribution in [1.82, 2.24) is 10.6 Å². The molecule has 20 heavy (non-hydrogen) atoms. The molecule has 1 aliphatic rings. The summed E-state index contributed by atoms with van der Waals surface area (Å²) in [7, 11) is 0. The summed E-state index contributed by atoms with van der Waals surface area (Å²) >= 11 is 0. The van der Waals surface area contributed by atoms with E-state index in [1.807, 2.05) is 0 Å². The van der Waals surface area contributed by atoms with E-state index >= 15 is 0 Å². The maximum atomic E-state index is 11.7. The number of benzene rings is 1. The summed E-state index contributed by atoms with van der Waals surface area (Å²) in [6, 6.07) is 8.66. The molecule has 1 aromatic rings. The van der Waals surface area contributed by atoms with Gasteiger partial charge in [0, 0.05) is 24.8 Å². The van der Waals surface area contributed by atoms with Crippen molar-refractivity contribution in [3.63, 3.8) is 0 Å². The highest BCUT2D eigenvalue weighted by Gasteiger charge is 2.15. The summed E-state index contributed by atoms with van der Waals surface area (Å²) in [4.78, 5) is 11.7. The minimum atomic E-state index is -0.0713. The molecule has 1 aromatic carbocycles. The lowest BCUT2D eigenvalue weighted by Crippen LogP contribution is -2.42. The third kappa shape index (κ3) is 4.44. The van der Waals surface area contributed by atoms with Crippen molar-refractivity contribution in [2.75, 3.05) is 18.4 Å². The van der Waals surface area contributed by atoms with Gasteiger partial charge in [0.25, 0.3) is 0 Å². The Bertz CT molecular complexity index is 445. The molecule has 110 valence electrons. The van der Waals surface area contributed by atoms with Crippen LogP contribution in [-0.4, -0.2) is 25.2 Å². The van der Waals surface area contributed by atoms with Crippen LogP contribution < -0.4 is 16.0 Å². The molecule has 4 nitrogen and oxygen atoms in total. The van der Waals surface area contributed by atoms with E-state index in [1.165, 1.54) is 11.3 Å². The molecule has 1 unspecified atom stereocenters. The number of hydrogen-bond acceptors (Lipinski definition) is 2. The summed E-state index contributed by atoms with van der Waals surface area (Å²) in [6.45, 7) is 5.55. The van der Waals surface area contributed by atoms with Crippen molar-refractivity contribution in [2.24, 2.45) is 5.92 Å². The van der Waals surface area contributed by atoms with Gasteiger partial charge in [-0.15, -0.1) is 0 Å². The number of anilines is 1. The Kier molecular flexibility index (Phi) is 5.27. The van der Waals surface area contributed by atoms with Gasteiger partial charge in [-0.25, -0.2) is 4.79 Å². The normalized spacial score (nSPS) is 17.9. The van der Waals surface area contributed by atoms with Gasteiger partial charge in [0.15, 0.2) is 0 Å². The molecule has 0 radical (unpaired) electrons. The van der Waals surface area contributed by atoms with Crippen molar-refractivity contribution >= 4 is 11.7 Å². The average molecular weight is 275 g/mol. The largest absolute Gasteiger partial charge is 0.380 e. The molecular formula is C16H25N3O. The van der Waals surface area contributed by atoms with Gasteiger partial charge in [0.1, 0.15) is 0 Å². The van der Waals surface area contributed by atoms with Crippen LogP contribution in [0.3, 0.4) is 0 Å². The van der Waals surface area contributed by atoms with E-state index in [0.717, 1.165) is 19.3 Å². The number of nitrogens with one attached hydrogen (secondary N) is 3. The number of amides is 2. The average Bonchev–Trinajstić information content (AvgIpc) is 2.64. The molecule has 0 fully saturated rings. The van der Waals surface area contributed by atoms with Gasteiger partial charge in [-0.1, -0.05) is 32.0 Å². The molecule has 0 saturated heterocycles. The topological polar surface area (TPSA) is 53.2 Å². The first-order valence-electron chi connectivity index (χ1n) is 7.51.